The van der Waals surface area contributed by atoms with Crippen molar-refractivity contribution in [1.29, 1.82) is 0 Å². The number of carbonyl (C=O) groups excluding carboxylic acids is 1. The normalized spacial score (nSPS) is 22.3. The Bertz CT molecular complexity index is 863. The van der Waals surface area contributed by atoms with E-state index in [-0.39, 0.29) is 11.8 Å². The molecule has 1 aromatic heterocycles. The Balaban J connectivity index is 1.45. The summed E-state index contributed by atoms with van der Waals surface area (Å²) in [7, 11) is 0. The Morgan fingerprint density at radius 3 is 2.61 bits per heavy atom. The van der Waals surface area contributed by atoms with E-state index in [0.717, 1.165) is 42.6 Å². The number of nitrogens with zero attached hydrogens (tertiary/aromatic N) is 2. The minimum absolute atomic E-state index is 0.00857. The average molecular weight is 380 g/mol. The molecular weight excluding hydrogens is 350 g/mol. The highest BCUT2D eigenvalue weighted by molar-refractivity contribution is 5.95. The van der Waals surface area contributed by atoms with E-state index >= 15 is 0 Å². The van der Waals surface area contributed by atoms with Gasteiger partial charge in [0.2, 0.25) is 0 Å². The molecule has 2 unspecified atom stereocenters. The summed E-state index contributed by atoms with van der Waals surface area (Å²) in [6.07, 6.45) is 3.30. The van der Waals surface area contributed by atoms with E-state index in [0.29, 0.717) is 31.1 Å². The van der Waals surface area contributed by atoms with Crippen LogP contribution in [0.2, 0.25) is 0 Å². The van der Waals surface area contributed by atoms with Crippen molar-refractivity contribution in [1.82, 2.24) is 9.88 Å². The monoisotopic (exact) mass is 379 g/mol. The third kappa shape index (κ3) is 3.96. The number of β-amino-alcohol motifs (C(OH)–C–C–N with tert-alkyl or cyclic N) is 1. The van der Waals surface area contributed by atoms with Gasteiger partial charge < -0.3 is 15.7 Å². The second kappa shape index (κ2) is 8.02. The molecule has 0 radical (unpaired) electrons. The minimum Gasteiger partial charge on any atom is -0.391 e. The minimum atomic E-state index is -0.522. The zero-order valence-corrected chi connectivity index (χ0v) is 16.5. The molecular formula is C23H29N3O2. The van der Waals surface area contributed by atoms with Crippen LogP contribution in [0.5, 0.6) is 0 Å². The maximum absolute atomic E-state index is 13.1. The first-order valence-electron chi connectivity index (χ1n) is 10.3. The predicted octanol–water partition coefficient (Wildman–Crippen LogP) is 2.79. The fraction of sp³-hybridized carbons (Fsp3) is 0.478. The summed E-state index contributed by atoms with van der Waals surface area (Å²) < 4.78 is 0. The Hall–Kier alpha value is -2.24. The zero-order valence-electron chi connectivity index (χ0n) is 16.5. The van der Waals surface area contributed by atoms with Crippen LogP contribution in [-0.2, 0) is 13.0 Å². The lowest BCUT2D eigenvalue weighted by Crippen LogP contribution is -2.47. The van der Waals surface area contributed by atoms with Crippen molar-refractivity contribution in [2.75, 3.05) is 13.1 Å². The van der Waals surface area contributed by atoms with Gasteiger partial charge in [-0.1, -0.05) is 24.3 Å². The van der Waals surface area contributed by atoms with Crippen LogP contribution in [0.1, 0.15) is 58.1 Å². The van der Waals surface area contributed by atoms with Crippen LogP contribution in [-0.4, -0.2) is 40.1 Å². The second-order valence-corrected chi connectivity index (χ2v) is 8.20. The van der Waals surface area contributed by atoms with Gasteiger partial charge in [-0.25, -0.2) is 0 Å². The number of carbonyl (C=O) groups is 1. The molecule has 5 nitrogen and oxygen atoms in total. The molecule has 0 spiro atoms. The zero-order chi connectivity index (χ0) is 19.7. The number of aliphatic hydroxyl groups is 1. The fourth-order valence-electron chi connectivity index (χ4n) is 4.24. The summed E-state index contributed by atoms with van der Waals surface area (Å²) in [5.74, 6) is 0.583. The van der Waals surface area contributed by atoms with Gasteiger partial charge in [-0.3, -0.25) is 9.78 Å². The highest BCUT2D eigenvalue weighted by Gasteiger charge is 2.34. The lowest BCUT2D eigenvalue weighted by atomic mass is 9.86. The van der Waals surface area contributed by atoms with Crippen LogP contribution in [0.3, 0.4) is 0 Å². The van der Waals surface area contributed by atoms with Crippen molar-refractivity contribution >= 4 is 5.91 Å². The molecule has 2 aliphatic rings. The number of piperidine rings is 1. The molecule has 2 atom stereocenters. The number of aryl methyl sites for hydroxylation is 1. The van der Waals surface area contributed by atoms with Gasteiger partial charge in [-0.15, -0.1) is 0 Å². The summed E-state index contributed by atoms with van der Waals surface area (Å²) in [5, 5.41) is 10.8. The third-order valence-corrected chi connectivity index (χ3v) is 6.09. The predicted molar refractivity (Wildman–Crippen MR) is 109 cm³/mol. The topological polar surface area (TPSA) is 79.5 Å². The van der Waals surface area contributed by atoms with Crippen LogP contribution in [0.25, 0.3) is 0 Å². The maximum atomic E-state index is 13.1. The maximum Gasteiger partial charge on any atom is 0.255 e. The first-order valence-corrected chi connectivity index (χ1v) is 10.3. The van der Waals surface area contributed by atoms with Gasteiger partial charge in [-0.05, 0) is 61.8 Å². The molecule has 28 heavy (non-hydrogen) atoms. The number of hydrogen-bond acceptors (Lipinski definition) is 4. The highest BCUT2D eigenvalue weighted by atomic mass is 16.3. The van der Waals surface area contributed by atoms with Crippen LogP contribution >= 0.6 is 0 Å². The highest BCUT2D eigenvalue weighted by Crippen LogP contribution is 2.41. The van der Waals surface area contributed by atoms with Gasteiger partial charge in [0.05, 0.1) is 17.4 Å². The molecule has 1 aliphatic heterocycles. The molecule has 1 amide bonds. The molecule has 3 N–H and O–H groups in total. The van der Waals surface area contributed by atoms with Crippen molar-refractivity contribution in [2.45, 2.75) is 51.2 Å². The number of hydrogen-bond donors (Lipinski definition) is 2. The number of aromatic nitrogens is 1. The van der Waals surface area contributed by atoms with Crippen LogP contribution in [0.15, 0.2) is 36.4 Å². The third-order valence-electron chi connectivity index (χ3n) is 6.09. The average Bonchev–Trinajstić information content (AvgIpc) is 3.54. The Labute approximate surface area is 166 Å². The van der Waals surface area contributed by atoms with E-state index in [4.69, 9.17) is 5.73 Å². The molecule has 2 fully saturated rings. The van der Waals surface area contributed by atoms with Crippen molar-refractivity contribution < 1.29 is 9.90 Å². The molecule has 2 aromatic rings. The van der Waals surface area contributed by atoms with Gasteiger partial charge >= 0.3 is 0 Å². The molecule has 1 aliphatic carbocycles. The van der Waals surface area contributed by atoms with Crippen molar-refractivity contribution in [3.63, 3.8) is 0 Å². The first kappa shape index (κ1) is 19.1. The van der Waals surface area contributed by atoms with Crippen molar-refractivity contribution in [3.05, 3.63) is 64.5 Å². The van der Waals surface area contributed by atoms with Crippen LogP contribution in [0.4, 0.5) is 0 Å². The van der Waals surface area contributed by atoms with Crippen LogP contribution < -0.4 is 5.73 Å². The molecule has 1 saturated heterocycles. The van der Waals surface area contributed by atoms with Gasteiger partial charge in [0.25, 0.3) is 5.91 Å². The first-order chi connectivity index (χ1) is 13.6. The molecule has 1 saturated carbocycles. The van der Waals surface area contributed by atoms with E-state index in [1.165, 1.54) is 5.56 Å². The summed E-state index contributed by atoms with van der Waals surface area (Å²) in [6, 6.07) is 12.0. The SMILES string of the molecule is Cc1ccc(C(=O)N2CCC(Cc3ccccc3CN)C(O)C2)c(C2CC2)n1. The molecule has 148 valence electrons. The fourth-order valence-corrected chi connectivity index (χ4v) is 4.24. The van der Waals surface area contributed by atoms with E-state index in [2.05, 4.69) is 11.1 Å². The van der Waals surface area contributed by atoms with Gasteiger partial charge in [0, 0.05) is 31.2 Å². The Kier molecular flexibility index (Phi) is 5.47. The summed E-state index contributed by atoms with van der Waals surface area (Å²) in [5.41, 5.74) is 10.8. The smallest absolute Gasteiger partial charge is 0.255 e. The van der Waals surface area contributed by atoms with Crippen molar-refractivity contribution in [3.8, 4) is 0 Å². The van der Waals surface area contributed by atoms with E-state index < -0.39 is 6.10 Å². The molecule has 0 bridgehead atoms. The van der Waals surface area contributed by atoms with Gasteiger partial charge in [-0.2, -0.15) is 0 Å². The molecule has 5 heteroatoms. The van der Waals surface area contributed by atoms with Gasteiger partial charge in [0.15, 0.2) is 0 Å². The Morgan fingerprint density at radius 1 is 1.18 bits per heavy atom. The Morgan fingerprint density at radius 2 is 1.93 bits per heavy atom. The summed E-state index contributed by atoms with van der Waals surface area (Å²) >= 11 is 0. The van der Waals surface area contributed by atoms with E-state index in [1.807, 2.05) is 37.3 Å². The summed E-state index contributed by atoms with van der Waals surface area (Å²) in [6.45, 7) is 3.53. The molecule has 2 heterocycles. The van der Waals surface area contributed by atoms with Crippen LogP contribution in [0, 0.1) is 12.8 Å². The molecule has 4 rings (SSSR count). The van der Waals surface area contributed by atoms with Crippen molar-refractivity contribution in [2.24, 2.45) is 11.7 Å². The number of amides is 1. The van der Waals surface area contributed by atoms with E-state index in [9.17, 15) is 9.90 Å². The lowest BCUT2D eigenvalue weighted by Gasteiger charge is -2.36. The van der Waals surface area contributed by atoms with E-state index in [1.54, 1.807) is 4.90 Å². The number of pyridine rings is 1. The van der Waals surface area contributed by atoms with Gasteiger partial charge in [0.1, 0.15) is 0 Å². The largest absolute Gasteiger partial charge is 0.391 e. The number of rotatable bonds is 5. The second-order valence-electron chi connectivity index (χ2n) is 8.20. The number of benzene rings is 1. The molecule has 1 aromatic carbocycles. The number of aliphatic hydroxyl groups excluding tert-OH is 1. The lowest BCUT2D eigenvalue weighted by molar-refractivity contribution is 0.0196. The standard InChI is InChI=1S/C23H29N3O2/c1-15-6-9-20(22(25-15)16-7-8-16)23(28)26-11-10-18(21(27)14-26)12-17-4-2-3-5-19(17)13-24/h2-6,9,16,18,21,27H,7-8,10-14,24H2,1H3. The quantitative estimate of drug-likeness (QED) is 0.837. The summed E-state index contributed by atoms with van der Waals surface area (Å²) in [4.78, 5) is 19.6. The number of likely N-dealkylation sites (tertiary alicyclic amines) is 1. The number of nitrogens with two attached hydrogens (primary N) is 1.